The summed E-state index contributed by atoms with van der Waals surface area (Å²) in [5.74, 6) is -1.76. The molecule has 22 heteroatoms. The Hall–Kier alpha value is -6.47. The van der Waals surface area contributed by atoms with Crippen LogP contribution in [0.5, 0.6) is 17.4 Å². The van der Waals surface area contributed by atoms with Crippen LogP contribution in [0.1, 0.15) is 5.69 Å². The number of para-hydroxylation sites is 1. The van der Waals surface area contributed by atoms with Crippen molar-refractivity contribution in [1.82, 2.24) is 9.78 Å². The summed E-state index contributed by atoms with van der Waals surface area (Å²) in [5, 5.41) is 76.0. The average Bonchev–Trinajstić information content (AvgIpc) is 3.33. The van der Waals surface area contributed by atoms with Crippen LogP contribution >= 0.6 is 0 Å². The first-order valence-corrected chi connectivity index (χ1v) is 14.7. The number of non-ortho nitro benzene ring substituents is 2. The van der Waals surface area contributed by atoms with Crippen molar-refractivity contribution in [3.63, 3.8) is 0 Å². The normalized spacial score (nSPS) is 11.2. The van der Waals surface area contributed by atoms with Gasteiger partial charge in [-0.3, -0.25) is 24.8 Å². The summed E-state index contributed by atoms with van der Waals surface area (Å²) in [5.41, 5.74) is 10.3. The first-order chi connectivity index (χ1) is 23.1. The van der Waals surface area contributed by atoms with Crippen molar-refractivity contribution in [3.05, 3.63) is 105 Å². The molecule has 0 aliphatic rings. The number of aromatic nitrogens is 2. The molecule has 255 valence electrons. The number of nitrogen functional groups attached to an aromatic ring is 2. The van der Waals surface area contributed by atoms with E-state index in [4.69, 9.17) is 16.0 Å². The molecule has 1 radical (unpaired) electrons. The Bertz CT molecular complexity index is 2250. The van der Waals surface area contributed by atoms with Gasteiger partial charge in [0.15, 0.2) is 0 Å². The van der Waals surface area contributed by atoms with Crippen LogP contribution in [-0.2, 0) is 27.5 Å². The van der Waals surface area contributed by atoms with Crippen molar-refractivity contribution in [1.29, 1.82) is 0 Å². The second-order valence-electron chi connectivity index (χ2n) is 9.63. The van der Waals surface area contributed by atoms with Gasteiger partial charge in [0.25, 0.3) is 21.5 Å². The van der Waals surface area contributed by atoms with Gasteiger partial charge in [-0.25, -0.2) is 4.68 Å². The Morgan fingerprint density at radius 3 is 1.92 bits per heavy atom. The topological polar surface area (TPSA) is 329 Å². The predicted octanol–water partition coefficient (Wildman–Crippen LogP) is 4.14. The zero-order valence-corrected chi connectivity index (χ0v) is 27.3. The van der Waals surface area contributed by atoms with Crippen LogP contribution in [0.3, 0.4) is 0 Å². The Morgan fingerprint density at radius 2 is 1.32 bits per heavy atom. The molecular formula is C28H21CrN10O10S. The van der Waals surface area contributed by atoms with Gasteiger partial charge in [-0.2, -0.15) is 23.7 Å². The van der Waals surface area contributed by atoms with E-state index < -0.39 is 42.2 Å². The smallest absolute Gasteiger partial charge is 0.871 e. The number of nitrogens with zero attached hydrogens (tertiary/aromatic N) is 8. The predicted molar refractivity (Wildman–Crippen MR) is 166 cm³/mol. The molecule has 0 amide bonds. The van der Waals surface area contributed by atoms with Crippen LogP contribution in [0.2, 0.25) is 0 Å². The van der Waals surface area contributed by atoms with E-state index in [0.717, 1.165) is 42.5 Å². The molecule has 0 fully saturated rings. The van der Waals surface area contributed by atoms with E-state index in [1.54, 1.807) is 31.2 Å². The first-order valence-electron chi connectivity index (χ1n) is 13.3. The molecule has 1 heterocycles. The Labute approximate surface area is 291 Å². The average molecular weight is 742 g/mol. The largest absolute Gasteiger partial charge is 3.00 e. The number of rotatable bonds is 8. The minimum Gasteiger partial charge on any atom is -0.871 e. The number of aryl methyl sites for hydroxylation is 1. The summed E-state index contributed by atoms with van der Waals surface area (Å²) in [6.45, 7) is 1.60. The molecule has 5 N–H and O–H groups in total. The molecule has 0 unspecified atom stereocenters. The fourth-order valence-corrected chi connectivity index (χ4v) is 4.50. The molecule has 50 heavy (non-hydrogen) atoms. The zero-order chi connectivity index (χ0) is 36.0. The van der Waals surface area contributed by atoms with Crippen molar-refractivity contribution < 1.29 is 55.5 Å². The molecule has 0 aliphatic carbocycles. The number of anilines is 2. The number of benzene rings is 4. The van der Waals surface area contributed by atoms with Crippen LogP contribution < -0.4 is 26.8 Å². The van der Waals surface area contributed by atoms with Gasteiger partial charge in [-0.1, -0.05) is 35.8 Å². The standard InChI is InChI=1S/C16H13N5O4.C12H11N5O6S.Cr/c1-10-15(16(23)20(19-10)11-5-3-2-4-6-11)18-17-13-8-7-12(21(24)25)9-14(13)22;13-7-4-8(14)12(24(21,22)23)5-9(7)15-16-10-3-6(17(19)20)1-2-11(10)18;/h2-9,22-23H,1H3;1-5,18H,13-14H2,(H,21,22,23);/q;;+3/p-3. The minimum absolute atomic E-state index is 0. The van der Waals surface area contributed by atoms with E-state index in [9.17, 15) is 44.0 Å². The van der Waals surface area contributed by atoms with Crippen molar-refractivity contribution >= 4 is 55.6 Å². The van der Waals surface area contributed by atoms with Gasteiger partial charge in [0.2, 0.25) is 0 Å². The molecule has 0 aliphatic heterocycles. The van der Waals surface area contributed by atoms with Crippen LogP contribution in [0.15, 0.2) is 104 Å². The Balaban J connectivity index is 0.000000265. The van der Waals surface area contributed by atoms with E-state index in [-0.39, 0.29) is 62.9 Å². The third-order valence-corrected chi connectivity index (χ3v) is 7.17. The third-order valence-electron chi connectivity index (χ3n) is 6.26. The minimum atomic E-state index is -4.62. The number of nitro benzene ring substituents is 2. The SMILES string of the molecule is Cc1nn(-c2ccccc2)c([O-])c1N=Nc1ccc([N+](=O)[O-])cc1[O-].Nc1cc(N)c(S(=O)(=O)O)cc1N=Nc1cc([N+](=O)[O-])ccc1[O-].[Cr+3]. The van der Waals surface area contributed by atoms with Gasteiger partial charge >= 0.3 is 17.4 Å². The fraction of sp³-hybridized carbons (Fsp3) is 0.0357. The number of hydrogen-bond donors (Lipinski definition) is 3. The summed E-state index contributed by atoms with van der Waals surface area (Å²) in [7, 11) is -4.62. The monoisotopic (exact) mass is 741 g/mol. The summed E-state index contributed by atoms with van der Waals surface area (Å²) in [4.78, 5) is 19.3. The van der Waals surface area contributed by atoms with Gasteiger partial charge in [-0.15, -0.1) is 10.2 Å². The number of azo groups is 2. The van der Waals surface area contributed by atoms with E-state index in [0.29, 0.717) is 11.4 Å². The molecule has 5 aromatic rings. The van der Waals surface area contributed by atoms with Crippen molar-refractivity contribution in [3.8, 4) is 23.1 Å². The molecule has 0 atom stereocenters. The molecule has 0 spiro atoms. The van der Waals surface area contributed by atoms with E-state index in [1.807, 2.05) is 6.07 Å². The van der Waals surface area contributed by atoms with Crippen molar-refractivity contribution in [2.24, 2.45) is 20.5 Å². The van der Waals surface area contributed by atoms with Gasteiger partial charge in [0.05, 0.1) is 44.0 Å². The summed E-state index contributed by atoms with van der Waals surface area (Å²) in [6, 6.07) is 16.8. The summed E-state index contributed by atoms with van der Waals surface area (Å²) < 4.78 is 32.7. The van der Waals surface area contributed by atoms with Gasteiger partial charge in [-0.05, 0) is 37.3 Å². The Kier molecular flexibility index (Phi) is 11.9. The van der Waals surface area contributed by atoms with Crippen LogP contribution in [0, 0.1) is 27.2 Å². The second kappa shape index (κ2) is 15.6. The zero-order valence-electron chi connectivity index (χ0n) is 25.2. The Morgan fingerprint density at radius 1 is 0.740 bits per heavy atom. The molecule has 1 aromatic heterocycles. The molecular weight excluding hydrogens is 720 g/mol. The van der Waals surface area contributed by atoms with E-state index >= 15 is 0 Å². The van der Waals surface area contributed by atoms with E-state index in [2.05, 4.69) is 25.6 Å². The molecule has 20 nitrogen and oxygen atoms in total. The molecule has 0 bridgehead atoms. The molecule has 4 aromatic carbocycles. The molecule has 0 saturated carbocycles. The fourth-order valence-electron chi connectivity index (χ4n) is 3.88. The van der Waals surface area contributed by atoms with Crippen LogP contribution in [0.25, 0.3) is 5.69 Å². The summed E-state index contributed by atoms with van der Waals surface area (Å²) >= 11 is 0. The molecule has 0 saturated heterocycles. The maximum atomic E-state index is 12.4. The maximum Gasteiger partial charge on any atom is 3.00 e. The van der Waals surface area contributed by atoms with Crippen molar-refractivity contribution in [2.45, 2.75) is 11.8 Å². The van der Waals surface area contributed by atoms with E-state index in [1.165, 1.54) is 10.7 Å². The third kappa shape index (κ3) is 8.91. The van der Waals surface area contributed by atoms with Gasteiger partial charge < -0.3 is 26.8 Å². The van der Waals surface area contributed by atoms with Gasteiger partial charge in [0, 0.05) is 30.1 Å². The summed E-state index contributed by atoms with van der Waals surface area (Å²) in [6.07, 6.45) is 0. The van der Waals surface area contributed by atoms with Crippen LogP contribution in [0.4, 0.5) is 45.5 Å². The van der Waals surface area contributed by atoms with Crippen LogP contribution in [-0.4, -0.2) is 32.6 Å². The second-order valence-corrected chi connectivity index (χ2v) is 11.0. The maximum absolute atomic E-state index is 12.4. The quantitative estimate of drug-likeness (QED) is 0.0662. The number of nitrogens with two attached hydrogens (primary N) is 2. The molecule has 5 rings (SSSR count). The van der Waals surface area contributed by atoms with Crippen molar-refractivity contribution in [2.75, 3.05) is 11.5 Å². The van der Waals surface area contributed by atoms with Gasteiger partial charge in [0.1, 0.15) is 16.3 Å². The first kappa shape index (κ1) is 38.0. The number of nitro groups is 2. The number of hydrogen-bond acceptors (Lipinski definition) is 16.